The lowest BCUT2D eigenvalue weighted by molar-refractivity contribution is -0.125. The monoisotopic (exact) mass is 186 g/mol. The molecule has 0 saturated carbocycles. The molecule has 1 heterocycles. The Morgan fingerprint density at radius 3 is 3.08 bits per heavy atom. The maximum atomic E-state index is 11.4. The minimum atomic E-state index is -0.458. The highest BCUT2D eigenvalue weighted by Gasteiger charge is 2.20. The Hall–Kier alpha value is -0.610. The van der Waals surface area contributed by atoms with Gasteiger partial charge in [0.25, 0.3) is 0 Å². The molecule has 1 rings (SSSR count). The summed E-state index contributed by atoms with van der Waals surface area (Å²) in [5.41, 5.74) is 0. The van der Waals surface area contributed by atoms with Crippen LogP contribution in [-0.4, -0.2) is 36.8 Å². The molecule has 4 nitrogen and oxygen atoms in total. The number of carbonyl (C=O) groups is 1. The Balaban J connectivity index is 2.21. The molecule has 0 aliphatic carbocycles. The van der Waals surface area contributed by atoms with Gasteiger partial charge in [-0.1, -0.05) is 0 Å². The van der Waals surface area contributed by atoms with Gasteiger partial charge in [0, 0.05) is 13.1 Å². The summed E-state index contributed by atoms with van der Waals surface area (Å²) in [5, 5.41) is 14.9. The van der Waals surface area contributed by atoms with Crippen LogP contribution in [0.1, 0.15) is 19.8 Å². The van der Waals surface area contributed by atoms with Gasteiger partial charge in [-0.2, -0.15) is 0 Å². The molecule has 1 aliphatic heterocycles. The Bertz CT molecular complexity index is 165. The van der Waals surface area contributed by atoms with Gasteiger partial charge in [0.1, 0.15) is 0 Å². The van der Waals surface area contributed by atoms with Gasteiger partial charge in [-0.15, -0.1) is 0 Å². The number of aliphatic hydroxyl groups is 1. The highest BCUT2D eigenvalue weighted by molar-refractivity contribution is 5.78. The van der Waals surface area contributed by atoms with Crippen LogP contribution in [0, 0.1) is 5.92 Å². The van der Waals surface area contributed by atoms with Gasteiger partial charge in [0.05, 0.1) is 12.0 Å². The highest BCUT2D eigenvalue weighted by Crippen LogP contribution is 2.09. The summed E-state index contributed by atoms with van der Waals surface area (Å²) in [6, 6.07) is 0. The van der Waals surface area contributed by atoms with E-state index in [0.717, 1.165) is 25.9 Å². The molecule has 1 aliphatic rings. The normalized spacial score (nSPS) is 25.2. The van der Waals surface area contributed by atoms with Crippen LogP contribution in [0.25, 0.3) is 0 Å². The van der Waals surface area contributed by atoms with E-state index < -0.39 is 6.10 Å². The second kappa shape index (κ2) is 5.19. The van der Waals surface area contributed by atoms with E-state index in [1.807, 2.05) is 0 Å². The van der Waals surface area contributed by atoms with E-state index in [0.29, 0.717) is 6.54 Å². The minimum absolute atomic E-state index is 0.0631. The quantitative estimate of drug-likeness (QED) is 0.556. The fourth-order valence-electron chi connectivity index (χ4n) is 1.47. The third-order valence-corrected chi connectivity index (χ3v) is 2.24. The summed E-state index contributed by atoms with van der Waals surface area (Å²) >= 11 is 0. The molecule has 0 aromatic heterocycles. The van der Waals surface area contributed by atoms with Crippen molar-refractivity contribution >= 4 is 5.91 Å². The van der Waals surface area contributed by atoms with Crippen molar-refractivity contribution in [1.29, 1.82) is 0 Å². The van der Waals surface area contributed by atoms with Crippen LogP contribution in [0.3, 0.4) is 0 Å². The van der Waals surface area contributed by atoms with Crippen molar-refractivity contribution in [2.75, 3.05) is 19.6 Å². The third kappa shape index (κ3) is 3.74. The molecule has 76 valence electrons. The van der Waals surface area contributed by atoms with Gasteiger partial charge in [-0.25, -0.2) is 0 Å². The second-order valence-electron chi connectivity index (χ2n) is 3.64. The van der Waals surface area contributed by atoms with Crippen LogP contribution in [0.15, 0.2) is 0 Å². The Morgan fingerprint density at radius 1 is 1.77 bits per heavy atom. The van der Waals surface area contributed by atoms with E-state index in [1.165, 1.54) is 0 Å². The van der Waals surface area contributed by atoms with Crippen LogP contribution in [0.4, 0.5) is 0 Å². The maximum absolute atomic E-state index is 11.4. The Labute approximate surface area is 78.7 Å². The van der Waals surface area contributed by atoms with Gasteiger partial charge in [0.2, 0.25) is 5.91 Å². The van der Waals surface area contributed by atoms with Gasteiger partial charge in [0.15, 0.2) is 0 Å². The molecule has 1 amide bonds. The predicted molar refractivity (Wildman–Crippen MR) is 50.3 cm³/mol. The molecule has 1 saturated heterocycles. The van der Waals surface area contributed by atoms with Crippen molar-refractivity contribution < 1.29 is 9.90 Å². The Morgan fingerprint density at radius 2 is 2.54 bits per heavy atom. The smallest absolute Gasteiger partial charge is 0.224 e. The molecule has 3 N–H and O–H groups in total. The van der Waals surface area contributed by atoms with Crippen LogP contribution in [0.5, 0.6) is 0 Å². The average Bonchev–Trinajstić information content (AvgIpc) is 2.15. The predicted octanol–water partition coefficient (Wildman–Crippen LogP) is -0.517. The number of nitrogens with one attached hydrogen (secondary N) is 2. The second-order valence-corrected chi connectivity index (χ2v) is 3.64. The number of hydrogen-bond donors (Lipinski definition) is 3. The molecule has 0 spiro atoms. The first-order valence-corrected chi connectivity index (χ1v) is 4.86. The van der Waals surface area contributed by atoms with Crippen molar-refractivity contribution in [2.45, 2.75) is 25.9 Å². The molecule has 1 fully saturated rings. The molecule has 2 atom stereocenters. The SMILES string of the molecule is C[C@H](O)CNC(=O)[C@@H]1CCCNC1. The van der Waals surface area contributed by atoms with Crippen molar-refractivity contribution in [3.8, 4) is 0 Å². The summed E-state index contributed by atoms with van der Waals surface area (Å²) < 4.78 is 0. The van der Waals surface area contributed by atoms with Crippen molar-refractivity contribution in [1.82, 2.24) is 10.6 Å². The Kier molecular flexibility index (Phi) is 4.18. The van der Waals surface area contributed by atoms with Crippen LogP contribution in [-0.2, 0) is 4.79 Å². The zero-order valence-electron chi connectivity index (χ0n) is 8.05. The van der Waals surface area contributed by atoms with E-state index >= 15 is 0 Å². The van der Waals surface area contributed by atoms with E-state index in [2.05, 4.69) is 10.6 Å². The van der Waals surface area contributed by atoms with Gasteiger partial charge in [-0.05, 0) is 26.3 Å². The molecule has 4 heteroatoms. The maximum Gasteiger partial charge on any atom is 0.224 e. The van der Waals surface area contributed by atoms with Crippen LogP contribution >= 0.6 is 0 Å². The number of aliphatic hydroxyl groups excluding tert-OH is 1. The van der Waals surface area contributed by atoms with Crippen molar-refractivity contribution in [2.24, 2.45) is 5.92 Å². The highest BCUT2D eigenvalue weighted by atomic mass is 16.3. The third-order valence-electron chi connectivity index (χ3n) is 2.24. The van der Waals surface area contributed by atoms with E-state index in [9.17, 15) is 4.79 Å². The summed E-state index contributed by atoms with van der Waals surface area (Å²) in [7, 11) is 0. The summed E-state index contributed by atoms with van der Waals surface area (Å²) in [4.78, 5) is 11.4. The lowest BCUT2D eigenvalue weighted by Gasteiger charge is -2.22. The molecule has 0 radical (unpaired) electrons. The lowest BCUT2D eigenvalue weighted by Crippen LogP contribution is -2.42. The number of hydrogen-bond acceptors (Lipinski definition) is 3. The lowest BCUT2D eigenvalue weighted by atomic mass is 9.99. The van der Waals surface area contributed by atoms with Gasteiger partial charge < -0.3 is 15.7 Å². The van der Waals surface area contributed by atoms with Crippen LogP contribution in [0.2, 0.25) is 0 Å². The topological polar surface area (TPSA) is 61.4 Å². The number of piperidine rings is 1. The molecule has 13 heavy (non-hydrogen) atoms. The molecular weight excluding hydrogens is 168 g/mol. The van der Waals surface area contributed by atoms with E-state index in [1.54, 1.807) is 6.92 Å². The zero-order chi connectivity index (χ0) is 9.68. The molecular formula is C9H18N2O2. The summed E-state index contributed by atoms with van der Waals surface area (Å²) in [5.74, 6) is 0.153. The van der Waals surface area contributed by atoms with Crippen LogP contribution < -0.4 is 10.6 Å². The standard InChI is InChI=1S/C9H18N2O2/c1-7(12)5-11-9(13)8-3-2-4-10-6-8/h7-8,10,12H,2-6H2,1H3,(H,11,13)/t7-,8+/m0/s1. The number of carbonyl (C=O) groups excluding carboxylic acids is 1. The average molecular weight is 186 g/mol. The van der Waals surface area contributed by atoms with Gasteiger partial charge in [-0.3, -0.25) is 4.79 Å². The first-order valence-electron chi connectivity index (χ1n) is 4.86. The zero-order valence-corrected chi connectivity index (χ0v) is 8.05. The summed E-state index contributed by atoms with van der Waals surface area (Å²) in [6.45, 7) is 3.81. The largest absolute Gasteiger partial charge is 0.392 e. The van der Waals surface area contributed by atoms with Crippen molar-refractivity contribution in [3.63, 3.8) is 0 Å². The minimum Gasteiger partial charge on any atom is -0.392 e. The molecule has 0 unspecified atom stereocenters. The van der Waals surface area contributed by atoms with Crippen molar-refractivity contribution in [3.05, 3.63) is 0 Å². The molecule has 0 aromatic carbocycles. The molecule has 0 aromatic rings. The fourth-order valence-corrected chi connectivity index (χ4v) is 1.47. The number of amides is 1. The number of rotatable bonds is 3. The van der Waals surface area contributed by atoms with E-state index in [-0.39, 0.29) is 11.8 Å². The van der Waals surface area contributed by atoms with E-state index in [4.69, 9.17) is 5.11 Å². The van der Waals surface area contributed by atoms with Gasteiger partial charge >= 0.3 is 0 Å². The summed E-state index contributed by atoms with van der Waals surface area (Å²) in [6.07, 6.45) is 1.56. The first-order chi connectivity index (χ1) is 6.20. The molecule has 0 bridgehead atoms. The first kappa shape index (κ1) is 10.5. The fraction of sp³-hybridized carbons (Fsp3) is 0.889.